The molecule has 0 saturated carbocycles. The molecule has 1 aliphatic carbocycles. The molecule has 0 aromatic heterocycles. The summed E-state index contributed by atoms with van der Waals surface area (Å²) in [4.78, 5) is 0. The summed E-state index contributed by atoms with van der Waals surface area (Å²) in [5, 5.41) is 20.0. The molecule has 2 unspecified atom stereocenters. The molecule has 2 N–H and O–H groups in total. The van der Waals surface area contributed by atoms with Gasteiger partial charge in [0.1, 0.15) is 11.5 Å². The molecule has 0 spiro atoms. The molecular weight excluding hydrogens is 344 g/mol. The van der Waals surface area contributed by atoms with Crippen LogP contribution in [-0.4, -0.2) is 10.2 Å². The first kappa shape index (κ1) is 20.5. The van der Waals surface area contributed by atoms with Gasteiger partial charge in [0.05, 0.1) is 0 Å². The molecule has 1 aliphatic rings. The quantitative estimate of drug-likeness (QED) is 0.561. The Morgan fingerprint density at radius 1 is 0.786 bits per heavy atom. The molecule has 0 aliphatic heterocycles. The van der Waals surface area contributed by atoms with Crippen molar-refractivity contribution in [3.63, 3.8) is 0 Å². The van der Waals surface area contributed by atoms with E-state index in [1.165, 1.54) is 11.1 Å². The first-order chi connectivity index (χ1) is 13.0. The van der Waals surface area contributed by atoms with Crippen LogP contribution in [0.1, 0.15) is 82.4 Å². The second-order valence-electron chi connectivity index (χ2n) is 10.2. The molecule has 28 heavy (non-hydrogen) atoms. The number of aromatic hydroxyl groups is 2. The largest absolute Gasteiger partial charge is 0.508 e. The molecule has 2 heteroatoms. The molecule has 2 nitrogen and oxygen atoms in total. The van der Waals surface area contributed by atoms with Crippen LogP contribution in [0.2, 0.25) is 0 Å². The van der Waals surface area contributed by atoms with Gasteiger partial charge in [-0.25, -0.2) is 0 Å². The van der Waals surface area contributed by atoms with Crippen LogP contribution in [0, 0.1) is 5.41 Å². The Kier molecular flexibility index (Phi) is 5.61. The monoisotopic (exact) mass is 378 g/mol. The molecule has 0 saturated heterocycles. The van der Waals surface area contributed by atoms with E-state index in [-0.39, 0.29) is 10.8 Å². The molecule has 150 valence electrons. The number of allylic oxidation sites excluding steroid dienone is 2. The highest BCUT2D eigenvalue weighted by molar-refractivity contribution is 5.44. The standard InChI is InChI=1S/C26H34O2/c1-25(2,3)17-26(4,5)23-16-21(12-15-24(23)28)20-8-6-18(7-9-20)19-10-13-22(27)14-11-19/h6,8,10-16,18,20,27-28H,7,9,17H2,1-5H3. The van der Waals surface area contributed by atoms with Crippen molar-refractivity contribution in [3.05, 3.63) is 71.3 Å². The van der Waals surface area contributed by atoms with E-state index in [0.29, 0.717) is 23.3 Å². The molecule has 2 atom stereocenters. The third-order valence-electron chi connectivity index (χ3n) is 5.84. The summed E-state index contributed by atoms with van der Waals surface area (Å²) in [6.45, 7) is 11.2. The van der Waals surface area contributed by atoms with Gasteiger partial charge in [0.15, 0.2) is 0 Å². The van der Waals surface area contributed by atoms with E-state index in [9.17, 15) is 10.2 Å². The smallest absolute Gasteiger partial charge is 0.119 e. The molecule has 3 rings (SSSR count). The topological polar surface area (TPSA) is 40.5 Å². The van der Waals surface area contributed by atoms with Gasteiger partial charge in [-0.15, -0.1) is 0 Å². The Morgan fingerprint density at radius 3 is 1.86 bits per heavy atom. The molecule has 0 fully saturated rings. The van der Waals surface area contributed by atoms with E-state index in [1.54, 1.807) is 12.1 Å². The minimum atomic E-state index is -0.0781. The van der Waals surface area contributed by atoms with Crippen molar-refractivity contribution in [1.82, 2.24) is 0 Å². The van der Waals surface area contributed by atoms with Gasteiger partial charge in [-0.2, -0.15) is 0 Å². The zero-order valence-corrected chi connectivity index (χ0v) is 17.9. The second-order valence-corrected chi connectivity index (χ2v) is 10.2. The van der Waals surface area contributed by atoms with Crippen molar-refractivity contribution >= 4 is 0 Å². The predicted molar refractivity (Wildman–Crippen MR) is 117 cm³/mol. The van der Waals surface area contributed by atoms with Gasteiger partial charge in [-0.05, 0) is 65.0 Å². The van der Waals surface area contributed by atoms with Gasteiger partial charge < -0.3 is 10.2 Å². The normalized spacial score (nSPS) is 20.3. The lowest BCUT2D eigenvalue weighted by molar-refractivity contribution is 0.278. The van der Waals surface area contributed by atoms with Crippen LogP contribution in [0.5, 0.6) is 11.5 Å². The van der Waals surface area contributed by atoms with Crippen molar-refractivity contribution in [2.75, 3.05) is 0 Å². The molecule has 0 bridgehead atoms. The van der Waals surface area contributed by atoms with Crippen molar-refractivity contribution in [1.29, 1.82) is 0 Å². The van der Waals surface area contributed by atoms with Crippen molar-refractivity contribution < 1.29 is 10.2 Å². The van der Waals surface area contributed by atoms with Gasteiger partial charge in [-0.1, -0.05) is 71.0 Å². The van der Waals surface area contributed by atoms with Gasteiger partial charge in [0.2, 0.25) is 0 Å². The van der Waals surface area contributed by atoms with Crippen molar-refractivity contribution in [3.8, 4) is 11.5 Å². The Bertz CT molecular complexity index is 838. The van der Waals surface area contributed by atoms with Crippen LogP contribution in [0.15, 0.2) is 54.6 Å². The highest BCUT2D eigenvalue weighted by Crippen LogP contribution is 2.42. The minimum absolute atomic E-state index is 0.0781. The van der Waals surface area contributed by atoms with Crippen LogP contribution in [0.25, 0.3) is 0 Å². The fourth-order valence-corrected chi connectivity index (χ4v) is 4.84. The second kappa shape index (κ2) is 7.66. The third-order valence-corrected chi connectivity index (χ3v) is 5.84. The van der Waals surface area contributed by atoms with Gasteiger partial charge in [0, 0.05) is 11.8 Å². The molecule has 2 aromatic rings. The van der Waals surface area contributed by atoms with Crippen LogP contribution in [0.3, 0.4) is 0 Å². The zero-order chi connectivity index (χ0) is 20.5. The van der Waals surface area contributed by atoms with Crippen molar-refractivity contribution in [2.24, 2.45) is 5.41 Å². The zero-order valence-electron chi connectivity index (χ0n) is 17.9. The van der Waals surface area contributed by atoms with Gasteiger partial charge in [0.25, 0.3) is 0 Å². The number of phenolic OH excluding ortho intramolecular Hbond substituents is 2. The van der Waals surface area contributed by atoms with E-state index in [1.807, 2.05) is 18.2 Å². The van der Waals surface area contributed by atoms with Crippen LogP contribution in [-0.2, 0) is 5.41 Å². The molecule has 0 amide bonds. The SMILES string of the molecule is CC(C)(C)CC(C)(C)c1cc(C2C=CC(c3ccc(O)cc3)CC2)ccc1O. The average molecular weight is 379 g/mol. The van der Waals surface area contributed by atoms with E-state index >= 15 is 0 Å². The highest BCUT2D eigenvalue weighted by Gasteiger charge is 2.30. The van der Waals surface area contributed by atoms with Crippen LogP contribution in [0.4, 0.5) is 0 Å². The Labute approximate surface area is 169 Å². The maximum atomic E-state index is 10.5. The summed E-state index contributed by atoms with van der Waals surface area (Å²) >= 11 is 0. The maximum absolute atomic E-state index is 10.5. The fourth-order valence-electron chi connectivity index (χ4n) is 4.84. The lowest BCUT2D eigenvalue weighted by atomic mass is 9.71. The molecular formula is C26H34O2. The fraction of sp³-hybridized carbons (Fsp3) is 0.462. The lowest BCUT2D eigenvalue weighted by Gasteiger charge is -2.34. The van der Waals surface area contributed by atoms with Crippen LogP contribution >= 0.6 is 0 Å². The highest BCUT2D eigenvalue weighted by atomic mass is 16.3. The number of rotatable bonds is 4. The maximum Gasteiger partial charge on any atom is 0.119 e. The molecule has 0 heterocycles. The average Bonchev–Trinajstić information content (AvgIpc) is 2.61. The minimum Gasteiger partial charge on any atom is -0.508 e. The Balaban J connectivity index is 1.81. The van der Waals surface area contributed by atoms with E-state index in [2.05, 4.69) is 58.9 Å². The Hall–Kier alpha value is -2.22. The summed E-state index contributed by atoms with van der Waals surface area (Å²) in [5.41, 5.74) is 3.72. The summed E-state index contributed by atoms with van der Waals surface area (Å²) < 4.78 is 0. The Morgan fingerprint density at radius 2 is 1.32 bits per heavy atom. The summed E-state index contributed by atoms with van der Waals surface area (Å²) in [7, 11) is 0. The number of hydrogen-bond donors (Lipinski definition) is 2. The van der Waals surface area contributed by atoms with E-state index < -0.39 is 0 Å². The molecule has 2 aromatic carbocycles. The lowest BCUT2D eigenvalue weighted by Crippen LogP contribution is -2.25. The summed E-state index contributed by atoms with van der Waals surface area (Å²) in [6, 6.07) is 13.7. The van der Waals surface area contributed by atoms with Gasteiger partial charge in [-0.3, -0.25) is 0 Å². The third kappa shape index (κ3) is 4.79. The summed E-state index contributed by atoms with van der Waals surface area (Å²) in [5.74, 6) is 1.51. The van der Waals surface area contributed by atoms with Gasteiger partial charge >= 0.3 is 0 Å². The first-order valence-corrected chi connectivity index (χ1v) is 10.4. The number of benzene rings is 2. The predicted octanol–water partition coefficient (Wildman–Crippen LogP) is 7.03. The van der Waals surface area contributed by atoms with Crippen LogP contribution < -0.4 is 0 Å². The summed E-state index contributed by atoms with van der Waals surface area (Å²) in [6.07, 6.45) is 7.81. The van der Waals surface area contributed by atoms with Crippen molar-refractivity contribution in [2.45, 2.75) is 71.1 Å². The number of hydrogen-bond acceptors (Lipinski definition) is 2. The first-order valence-electron chi connectivity index (χ1n) is 10.4. The van der Waals surface area contributed by atoms with E-state index in [0.717, 1.165) is 24.8 Å². The molecule has 0 radical (unpaired) electrons. The number of phenols is 2. The van der Waals surface area contributed by atoms with E-state index in [4.69, 9.17) is 0 Å².